The van der Waals surface area contributed by atoms with Gasteiger partial charge in [0.05, 0.1) is 19.3 Å². The van der Waals surface area contributed by atoms with Crippen molar-refractivity contribution in [3.8, 4) is 0 Å². The van der Waals surface area contributed by atoms with Crippen LogP contribution < -0.4 is 5.69 Å². The molecule has 24 heavy (non-hydrogen) atoms. The Bertz CT molecular complexity index is 600. The maximum absolute atomic E-state index is 12.6. The molecule has 2 fully saturated rings. The van der Waals surface area contributed by atoms with Gasteiger partial charge in [-0.05, 0) is 12.5 Å². The van der Waals surface area contributed by atoms with Gasteiger partial charge in [0.2, 0.25) is 5.91 Å². The molecule has 2 saturated heterocycles. The number of carbonyl (C=O) groups excluding carboxylic acids is 1. The zero-order chi connectivity index (χ0) is 16.8. The van der Waals surface area contributed by atoms with Crippen LogP contribution in [0.25, 0.3) is 0 Å². The van der Waals surface area contributed by atoms with Crippen molar-refractivity contribution in [2.45, 2.75) is 19.1 Å². The summed E-state index contributed by atoms with van der Waals surface area (Å²) in [5.74, 6) is -0.0671. The maximum atomic E-state index is 12.6. The number of amides is 1. The van der Waals surface area contributed by atoms with Gasteiger partial charge in [-0.25, -0.2) is 9.78 Å². The van der Waals surface area contributed by atoms with Gasteiger partial charge in [0.1, 0.15) is 6.54 Å². The summed E-state index contributed by atoms with van der Waals surface area (Å²) in [5.41, 5.74) is -0.401. The lowest BCUT2D eigenvalue weighted by Gasteiger charge is -2.31. The lowest BCUT2D eigenvalue weighted by molar-refractivity contribution is -0.133. The van der Waals surface area contributed by atoms with Gasteiger partial charge in [0.25, 0.3) is 0 Å². The van der Waals surface area contributed by atoms with Crippen LogP contribution in [0.5, 0.6) is 0 Å². The minimum atomic E-state index is -0.401. The number of ether oxygens (including phenoxy) is 2. The van der Waals surface area contributed by atoms with E-state index < -0.39 is 5.69 Å². The maximum Gasteiger partial charge on any atom is 0.347 e. The number of hydrogen-bond acceptors (Lipinski definition) is 6. The fraction of sp³-hybridized carbons (Fsp3) is 0.688. The Labute approximate surface area is 141 Å². The molecule has 0 saturated carbocycles. The fourth-order valence-electron chi connectivity index (χ4n) is 3.06. The number of morpholine rings is 1. The Morgan fingerprint density at radius 3 is 2.88 bits per heavy atom. The number of rotatable bonds is 4. The first-order valence-corrected chi connectivity index (χ1v) is 8.43. The summed E-state index contributed by atoms with van der Waals surface area (Å²) in [6.45, 7) is 6.01. The van der Waals surface area contributed by atoms with Crippen LogP contribution >= 0.6 is 0 Å². The van der Waals surface area contributed by atoms with E-state index in [2.05, 4.69) is 9.88 Å². The molecule has 0 spiro atoms. The summed E-state index contributed by atoms with van der Waals surface area (Å²) in [7, 11) is 0. The molecule has 3 rings (SSSR count). The minimum Gasteiger partial charge on any atom is -0.379 e. The van der Waals surface area contributed by atoms with Gasteiger partial charge in [-0.2, -0.15) is 0 Å². The molecule has 1 amide bonds. The van der Waals surface area contributed by atoms with E-state index in [1.807, 2.05) is 0 Å². The molecule has 1 atom stereocenters. The van der Waals surface area contributed by atoms with Crippen LogP contribution in [0, 0.1) is 0 Å². The van der Waals surface area contributed by atoms with E-state index in [-0.39, 0.29) is 18.6 Å². The lowest BCUT2D eigenvalue weighted by atomic mass is 10.2. The van der Waals surface area contributed by atoms with E-state index in [1.54, 1.807) is 17.2 Å². The number of carbonyl (C=O) groups is 1. The molecule has 2 aliphatic rings. The predicted octanol–water partition coefficient (Wildman–Crippen LogP) is -0.807. The molecule has 1 unspecified atom stereocenters. The average Bonchev–Trinajstić information content (AvgIpc) is 2.83. The highest BCUT2D eigenvalue weighted by atomic mass is 16.5. The van der Waals surface area contributed by atoms with Crippen molar-refractivity contribution < 1.29 is 14.3 Å². The zero-order valence-corrected chi connectivity index (χ0v) is 13.8. The van der Waals surface area contributed by atoms with Crippen molar-refractivity contribution in [2.24, 2.45) is 0 Å². The first-order valence-electron chi connectivity index (χ1n) is 8.43. The van der Waals surface area contributed by atoms with E-state index in [9.17, 15) is 9.59 Å². The van der Waals surface area contributed by atoms with Crippen molar-refractivity contribution in [1.29, 1.82) is 0 Å². The van der Waals surface area contributed by atoms with Gasteiger partial charge in [-0.1, -0.05) is 0 Å². The summed E-state index contributed by atoms with van der Waals surface area (Å²) in [6.07, 6.45) is 3.83. The topological polar surface area (TPSA) is 76.9 Å². The van der Waals surface area contributed by atoms with Crippen LogP contribution in [-0.4, -0.2) is 83.9 Å². The van der Waals surface area contributed by atoms with Crippen molar-refractivity contribution in [3.05, 3.63) is 28.9 Å². The monoisotopic (exact) mass is 336 g/mol. The smallest absolute Gasteiger partial charge is 0.347 e. The first-order chi connectivity index (χ1) is 11.7. The third-order valence-electron chi connectivity index (χ3n) is 4.36. The van der Waals surface area contributed by atoms with Gasteiger partial charge < -0.3 is 14.4 Å². The van der Waals surface area contributed by atoms with Gasteiger partial charge in [0, 0.05) is 51.7 Å². The molecule has 8 nitrogen and oxygen atoms in total. The Morgan fingerprint density at radius 2 is 2.08 bits per heavy atom. The second kappa shape index (κ2) is 8.36. The van der Waals surface area contributed by atoms with Crippen LogP contribution in [0.15, 0.2) is 23.3 Å². The fourth-order valence-corrected chi connectivity index (χ4v) is 3.06. The van der Waals surface area contributed by atoms with E-state index in [4.69, 9.17) is 9.47 Å². The van der Waals surface area contributed by atoms with Gasteiger partial charge in [-0.3, -0.25) is 14.3 Å². The Morgan fingerprint density at radius 1 is 1.25 bits per heavy atom. The molecular weight excluding hydrogens is 312 g/mol. The van der Waals surface area contributed by atoms with E-state index in [1.165, 1.54) is 10.8 Å². The number of nitrogens with zero attached hydrogens (tertiary/aromatic N) is 4. The molecular formula is C16H24N4O4. The standard InChI is InChI=1S/C16H24N4O4/c21-15(13-20-4-1-3-17-16(20)22)19-5-2-8-24-14(12-19)11-18-6-9-23-10-7-18/h1,3-4,14H,2,5-13H2. The van der Waals surface area contributed by atoms with Crippen LogP contribution in [0.1, 0.15) is 6.42 Å². The third-order valence-corrected chi connectivity index (χ3v) is 4.36. The van der Waals surface area contributed by atoms with Crippen molar-refractivity contribution in [3.63, 3.8) is 0 Å². The second-order valence-electron chi connectivity index (χ2n) is 6.13. The van der Waals surface area contributed by atoms with Crippen LogP contribution in [0.3, 0.4) is 0 Å². The van der Waals surface area contributed by atoms with Crippen LogP contribution in [-0.2, 0) is 20.8 Å². The molecule has 2 aliphatic heterocycles. The second-order valence-corrected chi connectivity index (χ2v) is 6.13. The summed E-state index contributed by atoms with van der Waals surface area (Å²) >= 11 is 0. The normalized spacial score (nSPS) is 23.0. The summed E-state index contributed by atoms with van der Waals surface area (Å²) in [6, 6.07) is 1.65. The molecule has 1 aromatic rings. The molecule has 8 heteroatoms. The van der Waals surface area contributed by atoms with Crippen LogP contribution in [0.4, 0.5) is 0 Å². The summed E-state index contributed by atoms with van der Waals surface area (Å²) in [4.78, 5) is 32.0. The molecule has 1 aromatic heterocycles. The Balaban J connectivity index is 1.58. The van der Waals surface area contributed by atoms with Crippen LogP contribution in [0.2, 0.25) is 0 Å². The molecule has 3 heterocycles. The van der Waals surface area contributed by atoms with Crippen molar-refractivity contribution >= 4 is 5.91 Å². The molecule has 0 aliphatic carbocycles. The van der Waals surface area contributed by atoms with E-state index >= 15 is 0 Å². The molecule has 0 aromatic carbocycles. The highest BCUT2D eigenvalue weighted by molar-refractivity contribution is 5.76. The number of hydrogen-bond donors (Lipinski definition) is 0. The lowest BCUT2D eigenvalue weighted by Crippen LogP contribution is -2.46. The number of aromatic nitrogens is 2. The van der Waals surface area contributed by atoms with Crippen molar-refractivity contribution in [1.82, 2.24) is 19.4 Å². The molecule has 0 bridgehead atoms. The summed E-state index contributed by atoms with van der Waals surface area (Å²) in [5, 5.41) is 0. The quantitative estimate of drug-likeness (QED) is 0.716. The Hall–Kier alpha value is -1.77. The van der Waals surface area contributed by atoms with E-state index in [0.717, 1.165) is 39.3 Å². The Kier molecular flexibility index (Phi) is 5.95. The zero-order valence-electron chi connectivity index (χ0n) is 13.8. The van der Waals surface area contributed by atoms with Gasteiger partial charge in [-0.15, -0.1) is 0 Å². The van der Waals surface area contributed by atoms with E-state index in [0.29, 0.717) is 19.7 Å². The van der Waals surface area contributed by atoms with Gasteiger partial charge >= 0.3 is 5.69 Å². The highest BCUT2D eigenvalue weighted by Crippen LogP contribution is 2.10. The average molecular weight is 336 g/mol. The third kappa shape index (κ3) is 4.62. The first kappa shape index (κ1) is 17.1. The van der Waals surface area contributed by atoms with Gasteiger partial charge in [0.15, 0.2) is 0 Å². The SMILES string of the molecule is O=C(Cn1cccnc1=O)N1CCCOC(CN2CCOCC2)C1. The molecule has 0 radical (unpaired) electrons. The highest BCUT2D eigenvalue weighted by Gasteiger charge is 2.25. The largest absolute Gasteiger partial charge is 0.379 e. The molecule has 0 N–H and O–H groups in total. The predicted molar refractivity (Wildman–Crippen MR) is 86.7 cm³/mol. The van der Waals surface area contributed by atoms with Crippen molar-refractivity contribution in [2.75, 3.05) is 52.5 Å². The molecule has 132 valence electrons. The summed E-state index contributed by atoms with van der Waals surface area (Å²) < 4.78 is 12.6. The minimum absolute atomic E-state index is 0.000158.